The summed E-state index contributed by atoms with van der Waals surface area (Å²) in [6.45, 7) is 3.08. The van der Waals surface area contributed by atoms with Crippen molar-refractivity contribution in [1.82, 2.24) is 10.3 Å². The van der Waals surface area contributed by atoms with Gasteiger partial charge in [-0.05, 0) is 18.1 Å². The van der Waals surface area contributed by atoms with Crippen LogP contribution in [0, 0.1) is 5.92 Å². The van der Waals surface area contributed by atoms with Gasteiger partial charge >= 0.3 is 0 Å². The van der Waals surface area contributed by atoms with Gasteiger partial charge in [0.2, 0.25) is 0 Å². The molecule has 5 nitrogen and oxygen atoms in total. The zero-order chi connectivity index (χ0) is 16.7. The number of carbonyl (C=O) groups excluding carboxylic acids is 1. The Morgan fingerprint density at radius 1 is 1.46 bits per heavy atom. The number of methoxy groups -OCH3 is 1. The zero-order valence-electron chi connectivity index (χ0n) is 13.7. The van der Waals surface area contributed by atoms with Crippen LogP contribution in [0.3, 0.4) is 0 Å². The Morgan fingerprint density at radius 2 is 2.21 bits per heavy atom. The SMILES string of the molecule is COc1ccccc1SCC(C)CNC(=O)c1csc(CN)n1.Cl. The van der Waals surface area contributed by atoms with Crippen molar-refractivity contribution < 1.29 is 9.53 Å². The first kappa shape index (κ1) is 20.8. The molecule has 0 aliphatic heterocycles. The van der Waals surface area contributed by atoms with Crippen molar-refractivity contribution in [2.75, 3.05) is 19.4 Å². The fourth-order valence-electron chi connectivity index (χ4n) is 1.90. The highest BCUT2D eigenvalue weighted by molar-refractivity contribution is 7.99. The first-order valence-corrected chi connectivity index (χ1v) is 9.19. The number of nitrogens with zero attached hydrogens (tertiary/aromatic N) is 1. The van der Waals surface area contributed by atoms with Crippen LogP contribution < -0.4 is 15.8 Å². The fraction of sp³-hybridized carbons (Fsp3) is 0.375. The molecule has 0 aliphatic rings. The highest BCUT2D eigenvalue weighted by Gasteiger charge is 2.12. The van der Waals surface area contributed by atoms with Crippen molar-refractivity contribution in [3.63, 3.8) is 0 Å². The van der Waals surface area contributed by atoms with E-state index in [-0.39, 0.29) is 18.3 Å². The smallest absolute Gasteiger partial charge is 0.270 e. The lowest BCUT2D eigenvalue weighted by Crippen LogP contribution is -2.29. The third kappa shape index (κ3) is 5.98. The molecule has 0 spiro atoms. The molecule has 0 radical (unpaired) electrons. The van der Waals surface area contributed by atoms with Gasteiger partial charge in [-0.2, -0.15) is 0 Å². The van der Waals surface area contributed by atoms with Crippen LogP contribution in [-0.4, -0.2) is 30.3 Å². The number of hydrogen-bond donors (Lipinski definition) is 2. The molecule has 0 aliphatic carbocycles. The van der Waals surface area contributed by atoms with Crippen molar-refractivity contribution in [2.24, 2.45) is 11.7 Å². The number of aromatic nitrogens is 1. The van der Waals surface area contributed by atoms with Crippen LogP contribution >= 0.6 is 35.5 Å². The van der Waals surface area contributed by atoms with Gasteiger partial charge in [0, 0.05) is 29.1 Å². The summed E-state index contributed by atoms with van der Waals surface area (Å²) in [5.41, 5.74) is 5.95. The minimum absolute atomic E-state index is 0. The van der Waals surface area contributed by atoms with E-state index in [9.17, 15) is 4.79 Å². The Bertz CT molecular complexity index is 652. The molecular weight excluding hydrogens is 366 g/mol. The number of thiazole rings is 1. The van der Waals surface area contributed by atoms with Crippen molar-refractivity contribution in [1.29, 1.82) is 0 Å². The number of carbonyl (C=O) groups is 1. The first-order chi connectivity index (χ1) is 11.1. The summed E-state index contributed by atoms with van der Waals surface area (Å²) in [5, 5.41) is 5.44. The lowest BCUT2D eigenvalue weighted by Gasteiger charge is -2.13. The highest BCUT2D eigenvalue weighted by Crippen LogP contribution is 2.29. The molecule has 1 aromatic carbocycles. The summed E-state index contributed by atoms with van der Waals surface area (Å²) >= 11 is 3.14. The number of halogens is 1. The number of thioether (sulfide) groups is 1. The maximum Gasteiger partial charge on any atom is 0.270 e. The Kier molecular flexibility index (Phi) is 9.13. The molecule has 1 aromatic heterocycles. The minimum Gasteiger partial charge on any atom is -0.496 e. The van der Waals surface area contributed by atoms with Gasteiger partial charge in [-0.3, -0.25) is 4.79 Å². The molecule has 1 atom stereocenters. The van der Waals surface area contributed by atoms with Gasteiger partial charge in [0.05, 0.1) is 7.11 Å². The second-order valence-corrected chi connectivity index (χ2v) is 7.11. The molecule has 2 aromatic rings. The lowest BCUT2D eigenvalue weighted by molar-refractivity contribution is 0.0945. The largest absolute Gasteiger partial charge is 0.496 e. The molecule has 1 amide bonds. The number of nitrogens with one attached hydrogen (secondary N) is 1. The van der Waals surface area contributed by atoms with Gasteiger partial charge in [-0.1, -0.05) is 19.1 Å². The van der Waals surface area contributed by atoms with Gasteiger partial charge in [-0.15, -0.1) is 35.5 Å². The number of hydrogen-bond acceptors (Lipinski definition) is 6. The van der Waals surface area contributed by atoms with Crippen LogP contribution in [0.25, 0.3) is 0 Å². The minimum atomic E-state index is -0.143. The lowest BCUT2D eigenvalue weighted by atomic mass is 10.2. The van der Waals surface area contributed by atoms with E-state index in [1.54, 1.807) is 24.3 Å². The van der Waals surface area contributed by atoms with Crippen molar-refractivity contribution in [2.45, 2.75) is 18.4 Å². The van der Waals surface area contributed by atoms with Crippen molar-refractivity contribution in [3.05, 3.63) is 40.3 Å². The predicted octanol–water partition coefficient (Wildman–Crippen LogP) is 3.19. The normalized spacial score (nSPS) is 11.5. The zero-order valence-corrected chi connectivity index (χ0v) is 16.1. The van der Waals surface area contributed by atoms with E-state index in [1.807, 2.05) is 24.3 Å². The molecule has 2 rings (SSSR count). The quantitative estimate of drug-likeness (QED) is 0.680. The fourth-order valence-corrected chi connectivity index (χ4v) is 3.60. The Morgan fingerprint density at radius 3 is 2.88 bits per heavy atom. The van der Waals surface area contributed by atoms with Crippen LogP contribution in [-0.2, 0) is 6.54 Å². The van der Waals surface area contributed by atoms with Crippen LogP contribution in [0.4, 0.5) is 0 Å². The van der Waals surface area contributed by atoms with Crippen LogP contribution in [0.1, 0.15) is 22.4 Å². The first-order valence-electron chi connectivity index (χ1n) is 7.32. The topological polar surface area (TPSA) is 77.2 Å². The van der Waals surface area contributed by atoms with E-state index < -0.39 is 0 Å². The average Bonchev–Trinajstić information content (AvgIpc) is 3.07. The van der Waals surface area contributed by atoms with E-state index in [0.717, 1.165) is 21.4 Å². The van der Waals surface area contributed by atoms with E-state index in [4.69, 9.17) is 10.5 Å². The third-order valence-electron chi connectivity index (χ3n) is 3.16. The maximum absolute atomic E-state index is 12.0. The molecule has 1 unspecified atom stereocenters. The molecular formula is C16H22ClN3O2S2. The van der Waals surface area contributed by atoms with Crippen LogP contribution in [0.2, 0.25) is 0 Å². The Hall–Kier alpha value is -1.28. The van der Waals surface area contributed by atoms with Crippen molar-refractivity contribution >= 4 is 41.4 Å². The number of nitrogens with two attached hydrogens (primary N) is 1. The molecule has 0 saturated heterocycles. The molecule has 3 N–H and O–H groups in total. The Balaban J connectivity index is 0.00000288. The molecule has 8 heteroatoms. The summed E-state index contributed by atoms with van der Waals surface area (Å²) in [5.74, 6) is 1.97. The summed E-state index contributed by atoms with van der Waals surface area (Å²) in [7, 11) is 1.67. The molecule has 0 fully saturated rings. The van der Waals surface area contributed by atoms with Crippen molar-refractivity contribution in [3.8, 4) is 5.75 Å². The number of benzene rings is 1. The summed E-state index contributed by atoms with van der Waals surface area (Å²) in [4.78, 5) is 17.3. The van der Waals surface area contributed by atoms with E-state index >= 15 is 0 Å². The molecule has 0 bridgehead atoms. The van der Waals surface area contributed by atoms with Gasteiger partial charge in [-0.25, -0.2) is 4.98 Å². The number of ether oxygens (including phenoxy) is 1. The average molecular weight is 388 g/mol. The van der Waals surface area contributed by atoms with E-state index in [1.165, 1.54) is 11.3 Å². The number of amides is 1. The van der Waals surface area contributed by atoms with Gasteiger partial charge in [0.1, 0.15) is 16.5 Å². The number of para-hydroxylation sites is 1. The summed E-state index contributed by atoms with van der Waals surface area (Å²) < 4.78 is 5.34. The second-order valence-electron chi connectivity index (χ2n) is 5.11. The summed E-state index contributed by atoms with van der Waals surface area (Å²) in [6, 6.07) is 7.94. The highest BCUT2D eigenvalue weighted by atomic mass is 35.5. The van der Waals surface area contributed by atoms with Gasteiger partial charge in [0.15, 0.2) is 0 Å². The molecule has 1 heterocycles. The predicted molar refractivity (Wildman–Crippen MR) is 102 cm³/mol. The maximum atomic E-state index is 12.0. The monoisotopic (exact) mass is 387 g/mol. The van der Waals surface area contributed by atoms with E-state index in [2.05, 4.69) is 17.2 Å². The van der Waals surface area contributed by atoms with Gasteiger partial charge < -0.3 is 15.8 Å². The molecule has 24 heavy (non-hydrogen) atoms. The van der Waals surface area contributed by atoms with E-state index in [0.29, 0.717) is 24.7 Å². The van der Waals surface area contributed by atoms with Gasteiger partial charge in [0.25, 0.3) is 5.91 Å². The number of rotatable bonds is 8. The Labute approximate surface area is 156 Å². The standard InChI is InChI=1S/C16H21N3O2S2.ClH/c1-11(9-22-14-6-4-3-5-13(14)21-2)8-18-16(20)12-10-23-15(7-17)19-12;/h3-6,10-11H,7-9,17H2,1-2H3,(H,18,20);1H. The summed E-state index contributed by atoms with van der Waals surface area (Å²) in [6.07, 6.45) is 0. The molecule has 132 valence electrons. The molecule has 0 saturated carbocycles. The second kappa shape index (κ2) is 10.6. The third-order valence-corrected chi connectivity index (χ3v) is 5.42. The van der Waals surface area contributed by atoms with Crippen LogP contribution in [0.5, 0.6) is 5.75 Å². The van der Waals surface area contributed by atoms with Crippen LogP contribution in [0.15, 0.2) is 34.5 Å².